The van der Waals surface area contributed by atoms with E-state index in [9.17, 15) is 0 Å². The third-order valence-electron chi connectivity index (χ3n) is 4.09. The smallest absolute Gasteiger partial charge is 0.231 e. The van der Waals surface area contributed by atoms with Gasteiger partial charge in [0.1, 0.15) is 0 Å². The van der Waals surface area contributed by atoms with Crippen LogP contribution < -0.4 is 4.90 Å². The second-order valence-electron chi connectivity index (χ2n) is 5.69. The topological polar surface area (TPSA) is 53.2 Å². The lowest BCUT2D eigenvalue weighted by atomic mass is 10.1. The molecule has 26 heavy (non-hydrogen) atoms. The highest BCUT2D eigenvalue weighted by Crippen LogP contribution is 2.32. The number of fused-ring (bicyclic) bond motifs is 1. The predicted octanol–water partition coefficient (Wildman–Crippen LogP) is 6.60. The Morgan fingerprint density at radius 2 is 1.92 bits per heavy atom. The Hall–Kier alpha value is -2.47. The summed E-state index contributed by atoms with van der Waals surface area (Å²) in [5.74, 6) is 0. The largest absolute Gasteiger partial charge is 0.372 e. The van der Waals surface area contributed by atoms with Crippen LogP contribution in [0.25, 0.3) is 10.2 Å². The summed E-state index contributed by atoms with van der Waals surface area (Å²) >= 11 is 6.12. The molecule has 0 aliphatic carbocycles. The van der Waals surface area contributed by atoms with Gasteiger partial charge < -0.3 is 4.90 Å². The number of azo groups is 1. The van der Waals surface area contributed by atoms with E-state index < -0.39 is 0 Å². The van der Waals surface area contributed by atoms with Crippen molar-refractivity contribution >= 4 is 61.1 Å². The quantitative estimate of drug-likeness (QED) is 0.274. The SMILES string of the molecule is CCN(CC)c1ccc(/N=N\c2nc3ccc(N=C=S)cc3s2)c(C)c1. The van der Waals surface area contributed by atoms with Crippen molar-refractivity contribution in [3.8, 4) is 0 Å². The predicted molar refractivity (Wildman–Crippen MR) is 113 cm³/mol. The molecule has 0 aliphatic heterocycles. The number of hydrogen-bond acceptors (Lipinski definition) is 7. The van der Waals surface area contributed by atoms with Crippen LogP contribution in [0.3, 0.4) is 0 Å². The van der Waals surface area contributed by atoms with Crippen molar-refractivity contribution in [1.82, 2.24) is 4.98 Å². The highest BCUT2D eigenvalue weighted by Gasteiger charge is 2.06. The van der Waals surface area contributed by atoms with Gasteiger partial charge in [0, 0.05) is 18.8 Å². The second-order valence-corrected chi connectivity index (χ2v) is 6.89. The molecule has 0 saturated heterocycles. The Balaban J connectivity index is 1.85. The highest BCUT2D eigenvalue weighted by atomic mass is 32.1. The Labute approximate surface area is 162 Å². The molecule has 0 atom stereocenters. The van der Waals surface area contributed by atoms with Gasteiger partial charge in [0.25, 0.3) is 0 Å². The summed E-state index contributed by atoms with van der Waals surface area (Å²) in [6.45, 7) is 8.33. The first kappa shape index (κ1) is 18.3. The molecule has 0 amide bonds. The van der Waals surface area contributed by atoms with E-state index in [4.69, 9.17) is 0 Å². The minimum absolute atomic E-state index is 0.621. The molecule has 5 nitrogen and oxygen atoms in total. The van der Waals surface area contributed by atoms with E-state index in [0.29, 0.717) is 5.13 Å². The lowest BCUT2D eigenvalue weighted by Crippen LogP contribution is -2.21. The third-order valence-corrected chi connectivity index (χ3v) is 5.08. The average Bonchev–Trinajstić information content (AvgIpc) is 3.04. The molecule has 132 valence electrons. The van der Waals surface area contributed by atoms with E-state index in [1.165, 1.54) is 17.0 Å². The van der Waals surface area contributed by atoms with Gasteiger partial charge in [-0.2, -0.15) is 4.99 Å². The minimum Gasteiger partial charge on any atom is -0.372 e. The van der Waals surface area contributed by atoms with Gasteiger partial charge in [-0.05, 0) is 75.0 Å². The van der Waals surface area contributed by atoms with Crippen LogP contribution in [0.5, 0.6) is 0 Å². The van der Waals surface area contributed by atoms with Gasteiger partial charge in [-0.1, -0.05) is 11.3 Å². The van der Waals surface area contributed by atoms with Gasteiger partial charge >= 0.3 is 0 Å². The molecule has 2 aromatic carbocycles. The van der Waals surface area contributed by atoms with E-state index in [0.717, 1.165) is 40.2 Å². The summed E-state index contributed by atoms with van der Waals surface area (Å²) in [5, 5.41) is 11.7. The molecule has 0 spiro atoms. The number of isothiocyanates is 1. The van der Waals surface area contributed by atoms with Crippen molar-refractivity contribution < 1.29 is 0 Å². The van der Waals surface area contributed by atoms with Gasteiger partial charge in [-0.3, -0.25) is 0 Å². The molecule has 0 bridgehead atoms. The number of thiazole rings is 1. The molecular formula is C19H19N5S2. The third kappa shape index (κ3) is 4.02. The lowest BCUT2D eigenvalue weighted by molar-refractivity contribution is 0.865. The molecule has 0 N–H and O–H groups in total. The molecule has 1 heterocycles. The fraction of sp³-hybridized carbons (Fsp3) is 0.263. The zero-order valence-corrected chi connectivity index (χ0v) is 16.6. The maximum atomic E-state index is 4.65. The highest BCUT2D eigenvalue weighted by molar-refractivity contribution is 7.78. The van der Waals surface area contributed by atoms with Gasteiger partial charge in [0.05, 0.1) is 26.8 Å². The molecule has 0 fully saturated rings. The van der Waals surface area contributed by atoms with E-state index in [1.807, 2.05) is 24.3 Å². The first-order chi connectivity index (χ1) is 12.6. The number of rotatable bonds is 6. The Morgan fingerprint density at radius 3 is 2.62 bits per heavy atom. The summed E-state index contributed by atoms with van der Waals surface area (Å²) in [4.78, 5) is 10.8. The van der Waals surface area contributed by atoms with Gasteiger partial charge in [-0.25, -0.2) is 4.98 Å². The van der Waals surface area contributed by atoms with Gasteiger partial charge in [-0.15, -0.1) is 10.2 Å². The first-order valence-electron chi connectivity index (χ1n) is 8.40. The zero-order chi connectivity index (χ0) is 18.5. The molecule has 0 unspecified atom stereocenters. The number of nitrogens with zero attached hydrogens (tertiary/aromatic N) is 5. The van der Waals surface area contributed by atoms with Crippen LogP contribution in [-0.2, 0) is 0 Å². The number of thiocarbonyl (C=S) groups is 1. The van der Waals surface area contributed by atoms with Crippen LogP contribution >= 0.6 is 23.6 Å². The number of aryl methyl sites for hydroxylation is 1. The van der Waals surface area contributed by atoms with Gasteiger partial charge in [0.2, 0.25) is 5.13 Å². The molecule has 3 rings (SSSR count). The fourth-order valence-corrected chi connectivity index (χ4v) is 3.63. The normalized spacial score (nSPS) is 11.0. The number of aliphatic imine (C=N–C) groups is 1. The van der Waals surface area contributed by atoms with Crippen LogP contribution in [0, 0.1) is 6.92 Å². The van der Waals surface area contributed by atoms with Crippen molar-refractivity contribution in [3.05, 3.63) is 42.0 Å². The summed E-state index contributed by atoms with van der Waals surface area (Å²) in [7, 11) is 0. The monoisotopic (exact) mass is 381 g/mol. The standard InChI is InChI=1S/C19H19N5S2/c1-4-24(5-2)15-7-9-16(13(3)10-15)22-23-19-21-17-8-6-14(20-12-25)11-18(17)26-19/h6-11H,4-5H2,1-3H3/b23-22-. The molecule has 1 aromatic heterocycles. The van der Waals surface area contributed by atoms with Crippen molar-refractivity contribution in [3.63, 3.8) is 0 Å². The Bertz CT molecular complexity index is 998. The molecule has 3 aromatic rings. The number of aromatic nitrogens is 1. The number of anilines is 1. The maximum absolute atomic E-state index is 4.65. The number of hydrogen-bond donors (Lipinski definition) is 0. The van der Waals surface area contributed by atoms with Crippen LogP contribution in [0.4, 0.5) is 22.2 Å². The van der Waals surface area contributed by atoms with Crippen LogP contribution in [0.1, 0.15) is 19.4 Å². The van der Waals surface area contributed by atoms with Crippen LogP contribution in [0.15, 0.2) is 51.6 Å². The summed E-state index contributed by atoms with van der Waals surface area (Å²) < 4.78 is 0.999. The zero-order valence-electron chi connectivity index (χ0n) is 14.9. The van der Waals surface area contributed by atoms with Crippen LogP contribution in [-0.4, -0.2) is 23.2 Å². The molecule has 0 saturated carbocycles. The summed E-state index contributed by atoms with van der Waals surface area (Å²) in [6, 6.07) is 11.9. The fourth-order valence-electron chi connectivity index (χ4n) is 2.70. The maximum Gasteiger partial charge on any atom is 0.231 e. The number of benzene rings is 2. The minimum atomic E-state index is 0.621. The Kier molecular flexibility index (Phi) is 5.83. The summed E-state index contributed by atoms with van der Waals surface area (Å²) in [6.07, 6.45) is 0. The van der Waals surface area contributed by atoms with E-state index in [-0.39, 0.29) is 0 Å². The second kappa shape index (κ2) is 8.27. The van der Waals surface area contributed by atoms with Crippen molar-refractivity contribution in [2.24, 2.45) is 15.2 Å². The van der Waals surface area contributed by atoms with E-state index in [2.05, 4.69) is 75.4 Å². The average molecular weight is 382 g/mol. The van der Waals surface area contributed by atoms with Crippen LogP contribution in [0.2, 0.25) is 0 Å². The lowest BCUT2D eigenvalue weighted by Gasteiger charge is -2.21. The van der Waals surface area contributed by atoms with E-state index >= 15 is 0 Å². The molecule has 0 radical (unpaired) electrons. The first-order valence-corrected chi connectivity index (χ1v) is 9.63. The van der Waals surface area contributed by atoms with Crippen molar-refractivity contribution in [1.29, 1.82) is 0 Å². The molecular weight excluding hydrogens is 362 g/mol. The molecule has 7 heteroatoms. The van der Waals surface area contributed by atoms with Gasteiger partial charge in [0.15, 0.2) is 0 Å². The van der Waals surface area contributed by atoms with Crippen molar-refractivity contribution in [2.75, 3.05) is 18.0 Å². The van der Waals surface area contributed by atoms with E-state index in [1.54, 1.807) is 0 Å². The molecule has 0 aliphatic rings. The Morgan fingerprint density at radius 1 is 1.12 bits per heavy atom. The summed E-state index contributed by atoms with van der Waals surface area (Å²) in [5.41, 5.74) is 4.80. The van der Waals surface area contributed by atoms with Crippen molar-refractivity contribution in [2.45, 2.75) is 20.8 Å².